The number of hydrogen-bond donors (Lipinski definition) is 2. The summed E-state index contributed by atoms with van der Waals surface area (Å²) >= 11 is 0. The number of nitrogens with one attached hydrogen (secondary N) is 1. The molecule has 1 aromatic rings. The van der Waals surface area contributed by atoms with E-state index in [1.807, 2.05) is 6.07 Å². The van der Waals surface area contributed by atoms with Crippen molar-refractivity contribution in [2.24, 2.45) is 5.73 Å². The lowest BCUT2D eigenvalue weighted by atomic mass is 10.1. The number of likely N-dealkylation sites (tertiary alicyclic amines) is 1. The minimum atomic E-state index is -0.208. The van der Waals surface area contributed by atoms with Crippen LogP contribution in [0.25, 0.3) is 0 Å². The van der Waals surface area contributed by atoms with Gasteiger partial charge in [0.2, 0.25) is 5.91 Å². The largest absolute Gasteiger partial charge is 0.380 e. The number of ether oxygens (including phenoxy) is 1. The van der Waals surface area contributed by atoms with E-state index in [9.17, 15) is 4.79 Å². The van der Waals surface area contributed by atoms with Gasteiger partial charge in [0.05, 0.1) is 12.5 Å². The highest BCUT2D eigenvalue weighted by Crippen LogP contribution is 2.16. The van der Waals surface area contributed by atoms with Crippen LogP contribution in [0.2, 0.25) is 0 Å². The molecule has 1 aliphatic heterocycles. The molecule has 1 aromatic carbocycles. The zero-order valence-electron chi connectivity index (χ0n) is 13.4. The number of nitrogens with zero attached hydrogens (tertiary/aromatic N) is 1. The number of methoxy groups -OCH3 is 1. The molecule has 122 valence electrons. The summed E-state index contributed by atoms with van der Waals surface area (Å²) in [7, 11) is 1.58. The van der Waals surface area contributed by atoms with Gasteiger partial charge in [-0.3, -0.25) is 9.69 Å². The molecule has 0 radical (unpaired) electrons. The maximum atomic E-state index is 11.9. The van der Waals surface area contributed by atoms with Crippen LogP contribution in [-0.4, -0.2) is 43.7 Å². The number of rotatable bonds is 8. The van der Waals surface area contributed by atoms with E-state index >= 15 is 0 Å². The van der Waals surface area contributed by atoms with Gasteiger partial charge in [0.1, 0.15) is 0 Å². The molecule has 0 saturated carbocycles. The minimum absolute atomic E-state index is 0.0201. The molecule has 0 bridgehead atoms. The molecule has 22 heavy (non-hydrogen) atoms. The number of benzene rings is 1. The molecule has 3 N–H and O–H groups in total. The van der Waals surface area contributed by atoms with E-state index in [1.54, 1.807) is 7.11 Å². The van der Waals surface area contributed by atoms with Crippen molar-refractivity contribution in [3.8, 4) is 0 Å². The predicted molar refractivity (Wildman–Crippen MR) is 87.3 cm³/mol. The summed E-state index contributed by atoms with van der Waals surface area (Å²) in [4.78, 5) is 14.4. The van der Waals surface area contributed by atoms with Gasteiger partial charge in [-0.15, -0.1) is 0 Å². The van der Waals surface area contributed by atoms with Gasteiger partial charge < -0.3 is 15.8 Å². The molecule has 0 aliphatic carbocycles. The molecule has 1 heterocycles. The van der Waals surface area contributed by atoms with Gasteiger partial charge in [0.15, 0.2) is 0 Å². The second-order valence-corrected chi connectivity index (χ2v) is 5.83. The molecule has 5 nitrogen and oxygen atoms in total. The third-order valence-corrected chi connectivity index (χ3v) is 4.20. The van der Waals surface area contributed by atoms with Crippen LogP contribution in [0.15, 0.2) is 24.3 Å². The number of nitrogens with two attached hydrogens (primary N) is 1. The van der Waals surface area contributed by atoms with Crippen molar-refractivity contribution in [1.29, 1.82) is 0 Å². The maximum absolute atomic E-state index is 11.9. The molecule has 1 aliphatic rings. The second-order valence-electron chi connectivity index (χ2n) is 5.83. The Bertz CT molecular complexity index is 469. The first-order valence-corrected chi connectivity index (χ1v) is 8.01. The lowest BCUT2D eigenvalue weighted by Gasteiger charge is -2.18. The molecule has 1 saturated heterocycles. The van der Waals surface area contributed by atoms with Crippen molar-refractivity contribution in [3.63, 3.8) is 0 Å². The Kier molecular flexibility index (Phi) is 6.83. The first-order valence-electron chi connectivity index (χ1n) is 8.01. The van der Waals surface area contributed by atoms with Crippen molar-refractivity contribution in [1.82, 2.24) is 10.2 Å². The summed E-state index contributed by atoms with van der Waals surface area (Å²) in [5.74, 6) is -0.0201. The van der Waals surface area contributed by atoms with Gasteiger partial charge in [0.25, 0.3) is 0 Å². The highest BCUT2D eigenvalue weighted by Gasteiger charge is 2.15. The molecule has 1 unspecified atom stereocenters. The summed E-state index contributed by atoms with van der Waals surface area (Å²) in [6.45, 7) is 4.23. The number of hydrogen-bond acceptors (Lipinski definition) is 4. The average Bonchev–Trinajstić information content (AvgIpc) is 3.04. The first-order chi connectivity index (χ1) is 10.7. The van der Waals surface area contributed by atoms with E-state index in [0.29, 0.717) is 19.5 Å². The summed E-state index contributed by atoms with van der Waals surface area (Å²) in [5.41, 5.74) is 8.03. The summed E-state index contributed by atoms with van der Waals surface area (Å²) in [5, 5.41) is 2.97. The molecule has 1 fully saturated rings. The highest BCUT2D eigenvalue weighted by molar-refractivity contribution is 5.76. The molecule has 0 spiro atoms. The lowest BCUT2D eigenvalue weighted by molar-refractivity contribution is -0.123. The van der Waals surface area contributed by atoms with Crippen LogP contribution in [0.4, 0.5) is 0 Å². The summed E-state index contributed by atoms with van der Waals surface area (Å²) in [6, 6.07) is 8.32. The van der Waals surface area contributed by atoms with Crippen LogP contribution in [0.3, 0.4) is 0 Å². The topological polar surface area (TPSA) is 67.6 Å². The van der Waals surface area contributed by atoms with Gasteiger partial charge in [-0.1, -0.05) is 24.3 Å². The number of amides is 1. The Balaban J connectivity index is 1.87. The van der Waals surface area contributed by atoms with E-state index in [1.165, 1.54) is 37.1 Å². The van der Waals surface area contributed by atoms with Crippen LogP contribution in [0, 0.1) is 0 Å². The number of carbonyl (C=O) groups excluding carboxylic acids is 1. The van der Waals surface area contributed by atoms with Gasteiger partial charge in [0, 0.05) is 26.7 Å². The predicted octanol–water partition coefficient (Wildman–Crippen LogP) is 1.26. The highest BCUT2D eigenvalue weighted by atomic mass is 16.5. The normalized spacial score (nSPS) is 16.6. The van der Waals surface area contributed by atoms with Crippen LogP contribution in [-0.2, 0) is 22.6 Å². The Morgan fingerprint density at radius 3 is 2.64 bits per heavy atom. The fraction of sp³-hybridized carbons (Fsp3) is 0.588. The van der Waals surface area contributed by atoms with E-state index in [0.717, 1.165) is 6.54 Å². The zero-order chi connectivity index (χ0) is 15.8. The van der Waals surface area contributed by atoms with Gasteiger partial charge in [-0.05, 0) is 37.1 Å². The molecular weight excluding hydrogens is 278 g/mol. The molecule has 1 atom stereocenters. The summed E-state index contributed by atoms with van der Waals surface area (Å²) in [6.07, 6.45) is 2.67. The number of carbonyl (C=O) groups is 1. The van der Waals surface area contributed by atoms with Crippen LogP contribution in [0.1, 0.15) is 30.4 Å². The quantitative estimate of drug-likeness (QED) is 0.759. The van der Waals surface area contributed by atoms with Crippen molar-refractivity contribution in [2.45, 2.75) is 38.5 Å². The lowest BCUT2D eigenvalue weighted by Crippen LogP contribution is -2.32. The fourth-order valence-corrected chi connectivity index (χ4v) is 2.80. The molecule has 0 aromatic heterocycles. The zero-order valence-corrected chi connectivity index (χ0v) is 13.4. The third-order valence-electron chi connectivity index (χ3n) is 4.20. The van der Waals surface area contributed by atoms with Crippen LogP contribution < -0.4 is 11.1 Å². The van der Waals surface area contributed by atoms with E-state index < -0.39 is 0 Å². The fourth-order valence-electron chi connectivity index (χ4n) is 2.80. The van der Waals surface area contributed by atoms with Crippen molar-refractivity contribution >= 4 is 5.91 Å². The third kappa shape index (κ3) is 5.09. The average molecular weight is 305 g/mol. The molecule has 1 amide bonds. The molecule has 2 rings (SSSR count). The Labute approximate surface area is 132 Å². The smallest absolute Gasteiger partial charge is 0.222 e. The van der Waals surface area contributed by atoms with Gasteiger partial charge >= 0.3 is 0 Å². The van der Waals surface area contributed by atoms with Crippen LogP contribution in [0.5, 0.6) is 0 Å². The van der Waals surface area contributed by atoms with E-state index in [-0.39, 0.29) is 12.0 Å². The Morgan fingerprint density at radius 2 is 2.00 bits per heavy atom. The minimum Gasteiger partial charge on any atom is -0.380 e. The molecule has 5 heteroatoms. The standard InChI is InChI=1S/C17H27N3O2/c1-22-16(11-18)10-17(21)19-12-14-6-2-3-7-15(14)13-20-8-4-5-9-20/h2-3,6-7,16H,4-5,8-13,18H2,1H3,(H,19,21). The monoisotopic (exact) mass is 305 g/mol. The van der Waals surface area contributed by atoms with Crippen molar-refractivity contribution < 1.29 is 9.53 Å². The van der Waals surface area contributed by atoms with Crippen molar-refractivity contribution in [3.05, 3.63) is 35.4 Å². The van der Waals surface area contributed by atoms with Crippen molar-refractivity contribution in [2.75, 3.05) is 26.7 Å². The maximum Gasteiger partial charge on any atom is 0.222 e. The summed E-state index contributed by atoms with van der Waals surface area (Å²) < 4.78 is 5.14. The first kappa shape index (κ1) is 16.9. The van der Waals surface area contributed by atoms with Gasteiger partial charge in [-0.2, -0.15) is 0 Å². The van der Waals surface area contributed by atoms with E-state index in [2.05, 4.69) is 28.4 Å². The van der Waals surface area contributed by atoms with Crippen LogP contribution >= 0.6 is 0 Å². The Hall–Kier alpha value is -1.43. The van der Waals surface area contributed by atoms with Gasteiger partial charge in [-0.25, -0.2) is 0 Å². The van der Waals surface area contributed by atoms with E-state index in [4.69, 9.17) is 10.5 Å². The Morgan fingerprint density at radius 1 is 1.32 bits per heavy atom. The molecular formula is C17H27N3O2. The SMILES string of the molecule is COC(CN)CC(=O)NCc1ccccc1CN1CCCC1. The second kappa shape index (κ2) is 8.88.